The SMILES string of the molecule is COC(=O)C1CC(N2CCN(c3ccc(Nc4ncc5c(C)c(C(C)=O)c(=O)n(C6CCCC6)c5n4)nc3)CC2)C1. The van der Waals surface area contributed by atoms with Gasteiger partial charge < -0.3 is 15.0 Å². The number of hydrogen-bond acceptors (Lipinski definition) is 10. The number of hydrogen-bond donors (Lipinski definition) is 1. The molecule has 2 saturated carbocycles. The van der Waals surface area contributed by atoms with E-state index in [0.29, 0.717) is 29.0 Å². The van der Waals surface area contributed by atoms with Gasteiger partial charge in [-0.1, -0.05) is 12.8 Å². The smallest absolute Gasteiger partial charge is 0.308 e. The van der Waals surface area contributed by atoms with Crippen molar-refractivity contribution >= 4 is 40.2 Å². The van der Waals surface area contributed by atoms with Crippen molar-refractivity contribution in [2.75, 3.05) is 43.5 Å². The number of esters is 1. The van der Waals surface area contributed by atoms with E-state index in [2.05, 4.69) is 25.1 Å². The van der Waals surface area contributed by atoms with Gasteiger partial charge in [0.05, 0.1) is 30.5 Å². The number of methoxy groups -OCH3 is 1. The Morgan fingerprint density at radius 1 is 1.00 bits per heavy atom. The van der Waals surface area contributed by atoms with Gasteiger partial charge in [-0.2, -0.15) is 4.98 Å². The number of rotatable bonds is 7. The molecule has 1 aliphatic heterocycles. The number of aromatic nitrogens is 4. The highest BCUT2D eigenvalue weighted by Crippen LogP contribution is 2.34. The Labute approximate surface area is 238 Å². The summed E-state index contributed by atoms with van der Waals surface area (Å²) in [5.41, 5.74) is 2.20. The first-order chi connectivity index (χ1) is 19.8. The van der Waals surface area contributed by atoms with Gasteiger partial charge in [0, 0.05) is 49.8 Å². The summed E-state index contributed by atoms with van der Waals surface area (Å²) < 4.78 is 6.58. The molecule has 0 bridgehead atoms. The van der Waals surface area contributed by atoms with Crippen LogP contribution in [-0.4, -0.2) is 75.5 Å². The fraction of sp³-hybridized carbons (Fsp3) is 0.533. The lowest BCUT2D eigenvalue weighted by Gasteiger charge is -2.45. The van der Waals surface area contributed by atoms with Crippen LogP contribution in [0.4, 0.5) is 17.5 Å². The number of anilines is 3. The molecule has 11 nitrogen and oxygen atoms in total. The van der Waals surface area contributed by atoms with Crippen molar-refractivity contribution in [3.63, 3.8) is 0 Å². The van der Waals surface area contributed by atoms with E-state index in [0.717, 1.165) is 75.8 Å². The molecule has 1 N–H and O–H groups in total. The van der Waals surface area contributed by atoms with Crippen molar-refractivity contribution in [1.29, 1.82) is 0 Å². The zero-order valence-corrected chi connectivity index (χ0v) is 23.9. The molecule has 0 atom stereocenters. The molecule has 3 aromatic rings. The van der Waals surface area contributed by atoms with Crippen molar-refractivity contribution in [3.05, 3.63) is 46.0 Å². The Kier molecular flexibility index (Phi) is 7.46. The third-order valence-corrected chi connectivity index (χ3v) is 9.08. The molecule has 11 heteroatoms. The second-order valence-electron chi connectivity index (χ2n) is 11.5. The highest BCUT2D eigenvalue weighted by molar-refractivity contribution is 5.99. The van der Waals surface area contributed by atoms with Crippen LogP contribution in [0.25, 0.3) is 11.0 Å². The van der Waals surface area contributed by atoms with Crippen LogP contribution in [-0.2, 0) is 9.53 Å². The monoisotopic (exact) mass is 559 g/mol. The van der Waals surface area contributed by atoms with Gasteiger partial charge in [-0.3, -0.25) is 23.9 Å². The Morgan fingerprint density at radius 2 is 1.73 bits per heavy atom. The Morgan fingerprint density at radius 3 is 2.37 bits per heavy atom. The molecule has 6 rings (SSSR count). The van der Waals surface area contributed by atoms with Crippen LogP contribution < -0.4 is 15.8 Å². The Balaban J connectivity index is 1.15. The van der Waals surface area contributed by atoms with Gasteiger partial charge in [0.25, 0.3) is 5.56 Å². The van der Waals surface area contributed by atoms with E-state index >= 15 is 0 Å². The molecule has 41 heavy (non-hydrogen) atoms. The second kappa shape index (κ2) is 11.2. The number of ketones is 1. The molecule has 4 heterocycles. The van der Waals surface area contributed by atoms with E-state index in [1.165, 1.54) is 14.0 Å². The highest BCUT2D eigenvalue weighted by Gasteiger charge is 2.39. The molecule has 0 spiro atoms. The number of aryl methyl sites for hydroxylation is 1. The summed E-state index contributed by atoms with van der Waals surface area (Å²) in [6.45, 7) is 6.95. The van der Waals surface area contributed by atoms with Crippen LogP contribution in [0.2, 0.25) is 0 Å². The van der Waals surface area contributed by atoms with Gasteiger partial charge >= 0.3 is 5.97 Å². The minimum Gasteiger partial charge on any atom is -0.469 e. The lowest BCUT2D eigenvalue weighted by Crippen LogP contribution is -2.55. The highest BCUT2D eigenvalue weighted by atomic mass is 16.5. The van der Waals surface area contributed by atoms with Crippen molar-refractivity contribution in [2.45, 2.75) is 64.5 Å². The van der Waals surface area contributed by atoms with Crippen molar-refractivity contribution in [3.8, 4) is 0 Å². The van der Waals surface area contributed by atoms with Crippen molar-refractivity contribution in [1.82, 2.24) is 24.4 Å². The van der Waals surface area contributed by atoms with Gasteiger partial charge in [0.15, 0.2) is 5.78 Å². The summed E-state index contributed by atoms with van der Waals surface area (Å²) in [6, 6.07) is 4.45. The normalized spacial score (nSPS) is 21.6. The topological polar surface area (TPSA) is 123 Å². The predicted molar refractivity (Wildman–Crippen MR) is 156 cm³/mol. The summed E-state index contributed by atoms with van der Waals surface area (Å²) in [5.74, 6) is 0.703. The number of nitrogens with one attached hydrogen (secondary N) is 1. The number of fused-ring (bicyclic) bond motifs is 1. The quantitative estimate of drug-likeness (QED) is 0.339. The summed E-state index contributed by atoms with van der Waals surface area (Å²) in [5, 5.41) is 3.92. The lowest BCUT2D eigenvalue weighted by atomic mass is 9.79. The van der Waals surface area contributed by atoms with E-state index in [1.54, 1.807) is 17.7 Å². The summed E-state index contributed by atoms with van der Waals surface area (Å²) in [7, 11) is 1.46. The molecule has 1 saturated heterocycles. The van der Waals surface area contributed by atoms with Gasteiger partial charge in [0.2, 0.25) is 5.95 Å². The first kappa shape index (κ1) is 27.3. The molecule has 0 radical (unpaired) electrons. The molecule has 216 valence electrons. The zero-order chi connectivity index (χ0) is 28.7. The molecular weight excluding hydrogens is 522 g/mol. The number of carbonyl (C=O) groups excluding carboxylic acids is 2. The molecule has 3 aliphatic rings. The maximum absolute atomic E-state index is 13.4. The third-order valence-electron chi connectivity index (χ3n) is 9.08. The van der Waals surface area contributed by atoms with E-state index in [4.69, 9.17) is 9.72 Å². The maximum atomic E-state index is 13.4. The lowest BCUT2D eigenvalue weighted by molar-refractivity contribution is -0.150. The van der Waals surface area contributed by atoms with Crippen LogP contribution in [0, 0.1) is 12.8 Å². The molecular formula is C30H37N7O4. The molecule has 0 amide bonds. The van der Waals surface area contributed by atoms with Crippen molar-refractivity contribution < 1.29 is 14.3 Å². The van der Waals surface area contributed by atoms with Crippen LogP contribution in [0.5, 0.6) is 0 Å². The minimum atomic E-state index is -0.262. The predicted octanol–water partition coefficient (Wildman–Crippen LogP) is 3.63. The van der Waals surface area contributed by atoms with E-state index < -0.39 is 0 Å². The maximum Gasteiger partial charge on any atom is 0.308 e. The minimum absolute atomic E-state index is 0.0305. The fourth-order valence-electron chi connectivity index (χ4n) is 6.66. The Bertz CT molecular complexity index is 1520. The largest absolute Gasteiger partial charge is 0.469 e. The van der Waals surface area contributed by atoms with Crippen LogP contribution in [0.3, 0.4) is 0 Å². The second-order valence-corrected chi connectivity index (χ2v) is 11.5. The van der Waals surface area contributed by atoms with Crippen LogP contribution >= 0.6 is 0 Å². The van der Waals surface area contributed by atoms with Crippen molar-refractivity contribution in [2.24, 2.45) is 5.92 Å². The van der Waals surface area contributed by atoms with E-state index in [-0.39, 0.29) is 34.8 Å². The molecule has 3 aromatic heterocycles. The fourth-order valence-corrected chi connectivity index (χ4v) is 6.66. The van der Waals surface area contributed by atoms with Gasteiger partial charge in [-0.25, -0.2) is 9.97 Å². The van der Waals surface area contributed by atoms with Crippen LogP contribution in [0.15, 0.2) is 29.3 Å². The van der Waals surface area contributed by atoms with E-state index in [9.17, 15) is 14.4 Å². The average molecular weight is 560 g/mol. The first-order valence-electron chi connectivity index (χ1n) is 14.6. The molecule has 2 aliphatic carbocycles. The number of nitrogens with zero attached hydrogens (tertiary/aromatic N) is 6. The molecule has 3 fully saturated rings. The number of Topliss-reactive ketones (excluding diaryl/α,β-unsaturated/α-hetero) is 1. The van der Waals surface area contributed by atoms with E-state index in [1.807, 2.05) is 18.3 Å². The average Bonchev–Trinajstić information content (AvgIpc) is 3.47. The third kappa shape index (κ3) is 5.18. The number of carbonyl (C=O) groups is 2. The molecule has 0 unspecified atom stereocenters. The Hall–Kier alpha value is -3.86. The number of piperazine rings is 1. The zero-order valence-electron chi connectivity index (χ0n) is 23.9. The summed E-state index contributed by atoms with van der Waals surface area (Å²) in [6.07, 6.45) is 9.23. The molecule has 0 aromatic carbocycles. The summed E-state index contributed by atoms with van der Waals surface area (Å²) >= 11 is 0. The van der Waals surface area contributed by atoms with Gasteiger partial charge in [-0.05, 0) is 57.2 Å². The standard InChI is InChI=1S/C30H37N7O4/c1-18-24-17-32-30(34-27(24)37(21-6-4-5-7-21)28(39)26(18)19(2)38)33-25-9-8-22(16-31-25)35-10-12-36(13-11-35)23-14-20(15-23)29(40)41-3/h8-9,16-17,20-21,23H,4-7,10-15H2,1-3H3,(H,31,32,33,34). The summed E-state index contributed by atoms with van der Waals surface area (Å²) in [4.78, 5) is 56.2. The first-order valence-corrected chi connectivity index (χ1v) is 14.6. The van der Waals surface area contributed by atoms with Crippen LogP contribution in [0.1, 0.15) is 67.4 Å². The number of pyridine rings is 2. The number of ether oxygens (including phenoxy) is 1. The van der Waals surface area contributed by atoms with Gasteiger partial charge in [-0.15, -0.1) is 0 Å². The van der Waals surface area contributed by atoms with Gasteiger partial charge in [0.1, 0.15) is 11.5 Å².